The van der Waals surface area contributed by atoms with Gasteiger partial charge in [0.2, 0.25) is 5.13 Å². The van der Waals surface area contributed by atoms with Crippen LogP contribution in [0.1, 0.15) is 38.0 Å². The number of nitrogens with one attached hydrogen (secondary N) is 2. The molecule has 0 atom stereocenters. The van der Waals surface area contributed by atoms with Crippen molar-refractivity contribution in [3.8, 4) is 0 Å². The number of carbonyl (C=O) groups is 1. The number of anilines is 1. The first-order valence-corrected chi connectivity index (χ1v) is 7.24. The Balaban J connectivity index is 1.88. The van der Waals surface area contributed by atoms with Crippen molar-refractivity contribution in [2.75, 3.05) is 5.32 Å². The minimum Gasteiger partial charge on any atom is -0.467 e. The van der Waals surface area contributed by atoms with E-state index in [2.05, 4.69) is 41.6 Å². The van der Waals surface area contributed by atoms with Gasteiger partial charge in [0.1, 0.15) is 10.8 Å². The minimum atomic E-state index is -0.321. The van der Waals surface area contributed by atoms with Gasteiger partial charge in [-0.15, -0.1) is 10.2 Å². The summed E-state index contributed by atoms with van der Waals surface area (Å²) in [6.07, 6.45) is 2.53. The summed E-state index contributed by atoms with van der Waals surface area (Å²) in [6.45, 7) is 6.65. The minimum absolute atomic E-state index is 0.0256. The largest absolute Gasteiger partial charge is 0.467 e. The first kappa shape index (κ1) is 14.5. The first-order chi connectivity index (χ1) is 9.51. The van der Waals surface area contributed by atoms with E-state index in [0.717, 1.165) is 11.4 Å². The summed E-state index contributed by atoms with van der Waals surface area (Å²) in [5.74, 6) is 0.699. The van der Waals surface area contributed by atoms with Crippen molar-refractivity contribution in [2.45, 2.75) is 39.2 Å². The van der Waals surface area contributed by atoms with Gasteiger partial charge in [-0.2, -0.15) is 0 Å². The van der Waals surface area contributed by atoms with Gasteiger partial charge < -0.3 is 9.73 Å². The summed E-state index contributed by atoms with van der Waals surface area (Å²) in [5.41, 5.74) is -0.0256. The van der Waals surface area contributed by atoms with Crippen LogP contribution in [0.2, 0.25) is 0 Å². The molecule has 7 heteroatoms. The molecule has 2 heterocycles. The Morgan fingerprint density at radius 3 is 2.90 bits per heavy atom. The van der Waals surface area contributed by atoms with Gasteiger partial charge in [-0.25, -0.2) is 4.79 Å². The topological polar surface area (TPSA) is 80.0 Å². The van der Waals surface area contributed by atoms with E-state index in [4.69, 9.17) is 4.42 Å². The Morgan fingerprint density at radius 2 is 2.25 bits per heavy atom. The second-order valence-corrected chi connectivity index (χ2v) is 6.01. The van der Waals surface area contributed by atoms with Crippen LogP contribution in [0.15, 0.2) is 22.8 Å². The van der Waals surface area contributed by atoms with E-state index in [1.54, 1.807) is 18.4 Å². The van der Waals surface area contributed by atoms with Crippen LogP contribution < -0.4 is 10.6 Å². The molecule has 108 valence electrons. The lowest BCUT2D eigenvalue weighted by molar-refractivity contribution is 0.251. The molecular weight excluding hydrogens is 276 g/mol. The number of furan rings is 1. The predicted molar refractivity (Wildman–Crippen MR) is 77.8 cm³/mol. The zero-order valence-corrected chi connectivity index (χ0v) is 12.6. The summed E-state index contributed by atoms with van der Waals surface area (Å²) in [5, 5.41) is 14.9. The fraction of sp³-hybridized carbons (Fsp3) is 0.462. The van der Waals surface area contributed by atoms with Crippen LogP contribution >= 0.6 is 11.3 Å². The Labute approximate surface area is 121 Å². The van der Waals surface area contributed by atoms with E-state index in [1.807, 2.05) is 0 Å². The second kappa shape index (κ2) is 6.04. The van der Waals surface area contributed by atoms with Crippen LogP contribution in [-0.4, -0.2) is 16.2 Å². The summed E-state index contributed by atoms with van der Waals surface area (Å²) >= 11 is 1.40. The van der Waals surface area contributed by atoms with Crippen LogP contribution in [0.5, 0.6) is 0 Å². The number of aromatic nitrogens is 2. The average molecular weight is 294 g/mol. The quantitative estimate of drug-likeness (QED) is 0.887. The van der Waals surface area contributed by atoms with E-state index in [1.165, 1.54) is 11.3 Å². The molecule has 0 radical (unpaired) electrons. The first-order valence-electron chi connectivity index (χ1n) is 6.42. The van der Waals surface area contributed by atoms with E-state index in [-0.39, 0.29) is 11.4 Å². The van der Waals surface area contributed by atoms with Crippen molar-refractivity contribution < 1.29 is 9.21 Å². The maximum absolute atomic E-state index is 11.7. The number of hydrogen-bond donors (Lipinski definition) is 2. The number of amides is 2. The highest BCUT2D eigenvalue weighted by molar-refractivity contribution is 7.15. The standard InChI is InChI=1S/C13H18N4O2S/c1-4-13(2,3)10-16-17-12(20-10)15-11(18)14-8-9-6-5-7-19-9/h5-7H,4,8H2,1-3H3,(H2,14,15,17,18). The SMILES string of the molecule is CCC(C)(C)c1nnc(NC(=O)NCc2ccco2)s1. The third-order valence-electron chi connectivity index (χ3n) is 3.11. The van der Waals surface area contributed by atoms with Crippen molar-refractivity contribution in [2.24, 2.45) is 0 Å². The highest BCUT2D eigenvalue weighted by Crippen LogP contribution is 2.30. The van der Waals surface area contributed by atoms with Crippen LogP contribution in [-0.2, 0) is 12.0 Å². The lowest BCUT2D eigenvalue weighted by Crippen LogP contribution is -2.27. The lowest BCUT2D eigenvalue weighted by atomic mass is 9.91. The van der Waals surface area contributed by atoms with E-state index < -0.39 is 0 Å². The summed E-state index contributed by atoms with van der Waals surface area (Å²) in [7, 11) is 0. The van der Waals surface area contributed by atoms with Crippen molar-refractivity contribution in [3.63, 3.8) is 0 Å². The number of rotatable bonds is 5. The molecule has 6 nitrogen and oxygen atoms in total. The van der Waals surface area contributed by atoms with Gasteiger partial charge >= 0.3 is 6.03 Å². The smallest absolute Gasteiger partial charge is 0.321 e. The third-order valence-corrected chi connectivity index (χ3v) is 4.32. The molecule has 2 N–H and O–H groups in total. The number of nitrogens with zero attached hydrogens (tertiary/aromatic N) is 2. The van der Waals surface area contributed by atoms with Gasteiger partial charge in [-0.3, -0.25) is 5.32 Å². The fourth-order valence-electron chi connectivity index (χ4n) is 1.42. The molecule has 2 amide bonds. The van der Waals surface area contributed by atoms with Gasteiger partial charge in [0.05, 0.1) is 12.8 Å². The molecule has 0 unspecified atom stereocenters. The number of hydrogen-bond acceptors (Lipinski definition) is 5. The highest BCUT2D eigenvalue weighted by Gasteiger charge is 2.23. The molecule has 20 heavy (non-hydrogen) atoms. The zero-order chi connectivity index (χ0) is 14.6. The third kappa shape index (κ3) is 3.57. The molecular formula is C13H18N4O2S. The molecule has 2 aromatic rings. The number of urea groups is 1. The molecule has 0 aliphatic heterocycles. The van der Waals surface area contributed by atoms with Crippen molar-refractivity contribution in [1.29, 1.82) is 0 Å². The second-order valence-electron chi connectivity index (χ2n) is 5.04. The molecule has 0 aromatic carbocycles. The highest BCUT2D eigenvalue weighted by atomic mass is 32.1. The van der Waals surface area contributed by atoms with Crippen molar-refractivity contribution in [3.05, 3.63) is 29.2 Å². The zero-order valence-electron chi connectivity index (χ0n) is 11.8. The van der Waals surface area contributed by atoms with Crippen LogP contribution in [0, 0.1) is 0 Å². The lowest BCUT2D eigenvalue weighted by Gasteiger charge is -2.17. The molecule has 0 saturated carbocycles. The van der Waals surface area contributed by atoms with Crippen molar-refractivity contribution in [1.82, 2.24) is 15.5 Å². The van der Waals surface area contributed by atoms with Crippen LogP contribution in [0.25, 0.3) is 0 Å². The molecule has 0 spiro atoms. The van der Waals surface area contributed by atoms with E-state index >= 15 is 0 Å². The van der Waals surface area contributed by atoms with Gasteiger partial charge in [-0.05, 0) is 18.6 Å². The maximum atomic E-state index is 11.7. The van der Waals surface area contributed by atoms with Gasteiger partial charge in [0.25, 0.3) is 0 Å². The molecule has 0 aliphatic carbocycles. The van der Waals surface area contributed by atoms with Crippen LogP contribution in [0.4, 0.5) is 9.93 Å². The average Bonchev–Trinajstić information content (AvgIpc) is 3.07. The Kier molecular flexibility index (Phi) is 4.39. The molecule has 0 fully saturated rings. The molecule has 0 saturated heterocycles. The van der Waals surface area contributed by atoms with Gasteiger partial charge in [-0.1, -0.05) is 32.1 Å². The molecule has 0 bridgehead atoms. The summed E-state index contributed by atoms with van der Waals surface area (Å²) < 4.78 is 5.13. The van der Waals surface area contributed by atoms with Gasteiger partial charge in [0.15, 0.2) is 0 Å². The van der Waals surface area contributed by atoms with Crippen LogP contribution in [0.3, 0.4) is 0 Å². The number of carbonyl (C=O) groups excluding carboxylic acids is 1. The monoisotopic (exact) mass is 294 g/mol. The van der Waals surface area contributed by atoms with Gasteiger partial charge in [0, 0.05) is 5.41 Å². The summed E-state index contributed by atoms with van der Waals surface area (Å²) in [4.78, 5) is 11.7. The normalized spacial score (nSPS) is 11.3. The Bertz CT molecular complexity index is 563. The fourth-order valence-corrected chi connectivity index (χ4v) is 2.33. The Morgan fingerprint density at radius 1 is 1.45 bits per heavy atom. The van der Waals surface area contributed by atoms with E-state index in [9.17, 15) is 4.79 Å². The molecule has 0 aliphatic rings. The molecule has 2 aromatic heterocycles. The molecule has 2 rings (SSSR count). The Hall–Kier alpha value is -1.89. The predicted octanol–water partition coefficient (Wildman–Crippen LogP) is 3.14. The maximum Gasteiger partial charge on any atom is 0.321 e. The van der Waals surface area contributed by atoms with Crippen molar-refractivity contribution >= 4 is 22.5 Å². The summed E-state index contributed by atoms with van der Waals surface area (Å²) in [6, 6.07) is 3.25. The van der Waals surface area contributed by atoms with E-state index in [0.29, 0.717) is 17.4 Å².